The van der Waals surface area contributed by atoms with Gasteiger partial charge < -0.3 is 10.1 Å². The second kappa shape index (κ2) is 6.12. The van der Waals surface area contributed by atoms with E-state index in [1.54, 1.807) is 29.3 Å². The van der Waals surface area contributed by atoms with Crippen molar-refractivity contribution in [1.29, 1.82) is 0 Å². The molecule has 2 aromatic rings. The van der Waals surface area contributed by atoms with E-state index in [4.69, 9.17) is 4.74 Å². The number of carbonyl (C=O) groups excluding carboxylic acids is 1. The van der Waals surface area contributed by atoms with Gasteiger partial charge in [0.05, 0.1) is 7.11 Å². The topological polar surface area (TPSA) is 56.2 Å². The fourth-order valence-corrected chi connectivity index (χ4v) is 4.25. The first-order valence-electron chi connectivity index (χ1n) is 7.54. The van der Waals surface area contributed by atoms with Gasteiger partial charge in [0.15, 0.2) is 0 Å². The molecule has 6 heteroatoms. The molecule has 1 saturated carbocycles. The van der Waals surface area contributed by atoms with Gasteiger partial charge in [-0.25, -0.2) is 0 Å². The largest absolute Gasteiger partial charge is 0.479 e. The lowest BCUT2D eigenvalue weighted by Crippen LogP contribution is -2.38. The minimum absolute atomic E-state index is 0.0965. The maximum Gasteiger partial charge on any atom is 0.258 e. The summed E-state index contributed by atoms with van der Waals surface area (Å²) in [6, 6.07) is 4.28. The summed E-state index contributed by atoms with van der Waals surface area (Å²) in [6.07, 6.45) is 6.42. The maximum absolute atomic E-state index is 12.5. The SMILES string of the molecule is COc1nn(C)cc1C(=O)NCC1(c2cccs2)CCCC1. The Bertz CT molecular complexity index is 642. The highest BCUT2D eigenvalue weighted by Gasteiger charge is 2.37. The molecule has 0 aliphatic heterocycles. The van der Waals surface area contributed by atoms with E-state index in [0.717, 1.165) is 12.8 Å². The number of thiophene rings is 1. The lowest BCUT2D eigenvalue weighted by atomic mass is 9.84. The Balaban J connectivity index is 1.74. The van der Waals surface area contributed by atoms with Crippen LogP contribution >= 0.6 is 11.3 Å². The molecule has 2 aromatic heterocycles. The van der Waals surface area contributed by atoms with Crippen LogP contribution in [0.4, 0.5) is 0 Å². The highest BCUT2D eigenvalue weighted by molar-refractivity contribution is 7.10. The number of nitrogens with one attached hydrogen (secondary N) is 1. The smallest absolute Gasteiger partial charge is 0.258 e. The van der Waals surface area contributed by atoms with Crippen LogP contribution in [-0.4, -0.2) is 29.3 Å². The zero-order valence-electron chi connectivity index (χ0n) is 13.0. The summed E-state index contributed by atoms with van der Waals surface area (Å²) in [5.74, 6) is 0.254. The molecule has 1 N–H and O–H groups in total. The van der Waals surface area contributed by atoms with Crippen molar-refractivity contribution in [2.75, 3.05) is 13.7 Å². The summed E-state index contributed by atoms with van der Waals surface area (Å²) in [5.41, 5.74) is 0.587. The number of aromatic nitrogens is 2. The molecule has 22 heavy (non-hydrogen) atoms. The second-order valence-corrected chi connectivity index (χ2v) is 6.82. The third kappa shape index (κ3) is 2.75. The van der Waals surface area contributed by atoms with E-state index in [9.17, 15) is 4.79 Å². The molecule has 0 unspecified atom stereocenters. The fourth-order valence-electron chi connectivity index (χ4n) is 3.26. The van der Waals surface area contributed by atoms with Crippen molar-refractivity contribution in [2.45, 2.75) is 31.1 Å². The molecule has 1 fully saturated rings. The Kier molecular flexibility index (Phi) is 4.20. The summed E-state index contributed by atoms with van der Waals surface area (Å²) < 4.78 is 6.76. The maximum atomic E-state index is 12.5. The highest BCUT2D eigenvalue weighted by atomic mass is 32.1. The van der Waals surface area contributed by atoms with Gasteiger partial charge in [-0.1, -0.05) is 18.9 Å². The van der Waals surface area contributed by atoms with Crippen LogP contribution in [0.1, 0.15) is 40.9 Å². The summed E-state index contributed by atoms with van der Waals surface area (Å²) in [5, 5.41) is 9.34. The van der Waals surface area contributed by atoms with Crippen molar-refractivity contribution >= 4 is 17.2 Å². The number of nitrogens with zero attached hydrogens (tertiary/aromatic N) is 2. The zero-order chi connectivity index (χ0) is 15.6. The molecular weight excluding hydrogens is 298 g/mol. The quantitative estimate of drug-likeness (QED) is 0.922. The number of hydrogen-bond donors (Lipinski definition) is 1. The van der Waals surface area contributed by atoms with Crippen LogP contribution in [0.25, 0.3) is 0 Å². The first kappa shape index (κ1) is 15.1. The van der Waals surface area contributed by atoms with E-state index >= 15 is 0 Å². The van der Waals surface area contributed by atoms with Crippen molar-refractivity contribution in [3.63, 3.8) is 0 Å². The molecule has 0 radical (unpaired) electrons. The summed E-state index contributed by atoms with van der Waals surface area (Å²) in [6.45, 7) is 0.671. The lowest BCUT2D eigenvalue weighted by Gasteiger charge is -2.28. The van der Waals surface area contributed by atoms with Gasteiger partial charge >= 0.3 is 0 Å². The predicted octanol–water partition coefficient (Wildman–Crippen LogP) is 2.73. The molecule has 0 spiro atoms. The van der Waals surface area contributed by atoms with Gasteiger partial charge in [-0.2, -0.15) is 0 Å². The molecule has 1 amide bonds. The van der Waals surface area contributed by atoms with E-state index in [-0.39, 0.29) is 11.3 Å². The number of amides is 1. The highest BCUT2D eigenvalue weighted by Crippen LogP contribution is 2.42. The van der Waals surface area contributed by atoms with E-state index in [1.807, 2.05) is 0 Å². The van der Waals surface area contributed by atoms with Crippen LogP contribution < -0.4 is 10.1 Å². The Morgan fingerprint density at radius 1 is 1.50 bits per heavy atom. The molecule has 0 aromatic carbocycles. The fraction of sp³-hybridized carbons (Fsp3) is 0.500. The molecule has 0 saturated heterocycles. The van der Waals surface area contributed by atoms with Gasteiger partial charge in [0, 0.05) is 30.1 Å². The minimum Gasteiger partial charge on any atom is -0.479 e. The predicted molar refractivity (Wildman–Crippen MR) is 86.6 cm³/mol. The monoisotopic (exact) mass is 319 g/mol. The van der Waals surface area contributed by atoms with Crippen molar-refractivity contribution in [3.8, 4) is 5.88 Å². The number of aryl methyl sites for hydroxylation is 1. The zero-order valence-corrected chi connectivity index (χ0v) is 13.8. The summed E-state index contributed by atoms with van der Waals surface area (Å²) >= 11 is 1.79. The summed E-state index contributed by atoms with van der Waals surface area (Å²) in [7, 11) is 3.31. The van der Waals surface area contributed by atoms with Crippen LogP contribution in [0.2, 0.25) is 0 Å². The van der Waals surface area contributed by atoms with Gasteiger partial charge in [0.25, 0.3) is 5.91 Å². The molecule has 5 nitrogen and oxygen atoms in total. The number of rotatable bonds is 5. The Hall–Kier alpha value is -1.82. The molecular formula is C16H21N3O2S. The van der Waals surface area contributed by atoms with Gasteiger partial charge in [-0.3, -0.25) is 9.48 Å². The number of ether oxygens (including phenoxy) is 1. The molecule has 0 bridgehead atoms. The van der Waals surface area contributed by atoms with Crippen LogP contribution in [0.3, 0.4) is 0 Å². The van der Waals surface area contributed by atoms with Gasteiger partial charge in [0.1, 0.15) is 5.56 Å². The third-order valence-corrected chi connectivity index (χ3v) is 5.54. The second-order valence-electron chi connectivity index (χ2n) is 5.87. The van der Waals surface area contributed by atoms with E-state index in [1.165, 1.54) is 24.8 Å². The molecule has 1 aliphatic rings. The molecule has 1 aliphatic carbocycles. The van der Waals surface area contributed by atoms with Crippen molar-refractivity contribution in [1.82, 2.24) is 15.1 Å². The Labute approximate surface area is 134 Å². The molecule has 0 atom stereocenters. The summed E-state index contributed by atoms with van der Waals surface area (Å²) in [4.78, 5) is 13.8. The van der Waals surface area contributed by atoms with Crippen LogP contribution in [-0.2, 0) is 12.5 Å². The van der Waals surface area contributed by atoms with E-state index in [2.05, 4.69) is 27.9 Å². The van der Waals surface area contributed by atoms with E-state index in [0.29, 0.717) is 18.0 Å². The first-order chi connectivity index (χ1) is 10.6. The van der Waals surface area contributed by atoms with E-state index < -0.39 is 0 Å². The van der Waals surface area contributed by atoms with Gasteiger partial charge in [0.2, 0.25) is 5.88 Å². The Morgan fingerprint density at radius 2 is 2.27 bits per heavy atom. The average molecular weight is 319 g/mol. The molecule has 3 rings (SSSR count). The van der Waals surface area contributed by atoms with Crippen LogP contribution in [0.5, 0.6) is 5.88 Å². The number of hydrogen-bond acceptors (Lipinski definition) is 4. The number of methoxy groups -OCH3 is 1. The molecule has 118 valence electrons. The third-order valence-electron chi connectivity index (χ3n) is 4.42. The number of carbonyl (C=O) groups is 1. The Morgan fingerprint density at radius 3 is 2.91 bits per heavy atom. The normalized spacial score (nSPS) is 16.6. The van der Waals surface area contributed by atoms with Crippen LogP contribution in [0.15, 0.2) is 23.7 Å². The minimum atomic E-state index is -0.118. The van der Waals surface area contributed by atoms with Gasteiger partial charge in [-0.15, -0.1) is 16.4 Å². The van der Waals surface area contributed by atoms with Crippen molar-refractivity contribution in [2.24, 2.45) is 7.05 Å². The van der Waals surface area contributed by atoms with Crippen molar-refractivity contribution < 1.29 is 9.53 Å². The van der Waals surface area contributed by atoms with Crippen molar-refractivity contribution in [3.05, 3.63) is 34.2 Å². The first-order valence-corrected chi connectivity index (χ1v) is 8.42. The van der Waals surface area contributed by atoms with Crippen LogP contribution in [0, 0.1) is 0 Å². The average Bonchev–Trinajstić information content (AvgIpc) is 3.24. The standard InChI is InChI=1S/C16H21N3O2S/c1-19-10-12(15(18-19)21-2)14(20)17-11-16(7-3-4-8-16)13-6-5-9-22-13/h5-6,9-10H,3-4,7-8,11H2,1-2H3,(H,17,20). The molecule has 2 heterocycles. The van der Waals surface area contributed by atoms with Gasteiger partial charge in [-0.05, 0) is 24.3 Å². The lowest BCUT2D eigenvalue weighted by molar-refractivity contribution is 0.0940.